The third-order valence-electron chi connectivity index (χ3n) is 3.55. The zero-order valence-electron chi connectivity index (χ0n) is 13.9. The molecule has 0 aliphatic heterocycles. The van der Waals surface area contributed by atoms with E-state index in [1.54, 1.807) is 18.2 Å². The summed E-state index contributed by atoms with van der Waals surface area (Å²) in [5, 5.41) is 15.2. The van der Waals surface area contributed by atoms with Crippen LogP contribution in [0.5, 0.6) is 0 Å². The molecule has 0 amide bonds. The molecule has 0 radical (unpaired) electrons. The van der Waals surface area contributed by atoms with Gasteiger partial charge in [-0.2, -0.15) is 18.2 Å². The average Bonchev–Trinajstić information content (AvgIpc) is 2.55. The summed E-state index contributed by atoms with van der Waals surface area (Å²) < 4.78 is 39.5. The number of nitrogens with zero attached hydrogens (tertiary/aromatic N) is 2. The number of halogens is 5. The molecule has 0 fully saturated rings. The molecule has 0 bridgehead atoms. The molecule has 142 valence electrons. The van der Waals surface area contributed by atoms with Crippen LogP contribution in [-0.4, -0.2) is 27.7 Å². The smallest absolute Gasteiger partial charge is 0.394 e. The molecule has 0 saturated heterocycles. The number of para-hydroxylation sites is 1. The summed E-state index contributed by atoms with van der Waals surface area (Å²) in [6, 6.07) is 4.95. The van der Waals surface area contributed by atoms with Gasteiger partial charge >= 0.3 is 6.18 Å². The van der Waals surface area contributed by atoms with E-state index in [2.05, 4.69) is 20.6 Å². The lowest BCUT2D eigenvalue weighted by molar-refractivity contribution is -0.141. The predicted octanol–water partition coefficient (Wildman–Crippen LogP) is 4.97. The summed E-state index contributed by atoms with van der Waals surface area (Å²) in [6.45, 7) is 3.34. The van der Waals surface area contributed by atoms with E-state index in [4.69, 9.17) is 23.2 Å². The van der Waals surface area contributed by atoms with Crippen molar-refractivity contribution in [1.29, 1.82) is 0 Å². The van der Waals surface area contributed by atoms with Crippen LogP contribution in [0.25, 0.3) is 0 Å². The van der Waals surface area contributed by atoms with Gasteiger partial charge in [0.2, 0.25) is 5.95 Å². The van der Waals surface area contributed by atoms with Crippen molar-refractivity contribution in [3.63, 3.8) is 0 Å². The molecule has 0 spiro atoms. The number of alkyl halides is 3. The molecule has 0 aliphatic carbocycles. The van der Waals surface area contributed by atoms with Crippen molar-refractivity contribution in [2.24, 2.45) is 5.92 Å². The van der Waals surface area contributed by atoms with Crippen LogP contribution in [0.1, 0.15) is 19.5 Å². The largest absolute Gasteiger partial charge is 0.433 e. The number of rotatable bonds is 6. The average molecular weight is 409 g/mol. The van der Waals surface area contributed by atoms with Gasteiger partial charge in [-0.25, -0.2) is 4.98 Å². The van der Waals surface area contributed by atoms with Gasteiger partial charge in [-0.1, -0.05) is 43.1 Å². The van der Waals surface area contributed by atoms with E-state index in [-0.39, 0.29) is 40.0 Å². The Hall–Kier alpha value is -1.77. The number of aromatic nitrogens is 2. The van der Waals surface area contributed by atoms with E-state index in [1.165, 1.54) is 0 Å². The number of nitrogens with one attached hydrogen (secondary N) is 2. The van der Waals surface area contributed by atoms with Crippen LogP contribution in [0, 0.1) is 5.92 Å². The molecule has 10 heteroatoms. The standard InChI is InChI=1S/C16H17Cl2F3N4O/c1-8(2)11(7-26)22-15-23-12(16(19,20)21)6-13(25-15)24-14-9(17)4-3-5-10(14)18/h3-6,8,11,26H,7H2,1-2H3,(H2,22,23,24,25)/t11-/m0/s1. The van der Waals surface area contributed by atoms with Gasteiger partial charge < -0.3 is 15.7 Å². The van der Waals surface area contributed by atoms with Gasteiger partial charge in [-0.05, 0) is 18.1 Å². The van der Waals surface area contributed by atoms with E-state index in [1.807, 2.05) is 13.8 Å². The molecule has 0 unspecified atom stereocenters. The van der Waals surface area contributed by atoms with Crippen molar-refractivity contribution in [1.82, 2.24) is 9.97 Å². The van der Waals surface area contributed by atoms with Crippen molar-refractivity contribution in [3.8, 4) is 0 Å². The van der Waals surface area contributed by atoms with Gasteiger partial charge in [0.1, 0.15) is 5.82 Å². The Kier molecular flexibility index (Phi) is 6.54. The van der Waals surface area contributed by atoms with Crippen LogP contribution in [-0.2, 0) is 6.18 Å². The first-order valence-corrected chi connectivity index (χ1v) is 8.42. The lowest BCUT2D eigenvalue weighted by atomic mass is 10.1. The summed E-state index contributed by atoms with van der Waals surface area (Å²) in [5.74, 6) is -0.448. The molecule has 1 heterocycles. The first kappa shape index (κ1) is 20.5. The maximum absolute atomic E-state index is 13.2. The SMILES string of the molecule is CC(C)[C@H](CO)Nc1nc(Nc2c(Cl)cccc2Cl)cc(C(F)(F)F)n1. The highest BCUT2D eigenvalue weighted by Gasteiger charge is 2.34. The van der Waals surface area contributed by atoms with Crippen molar-refractivity contribution in [2.45, 2.75) is 26.1 Å². The molecule has 3 N–H and O–H groups in total. The van der Waals surface area contributed by atoms with Crippen LogP contribution in [0.3, 0.4) is 0 Å². The number of hydrogen-bond acceptors (Lipinski definition) is 5. The summed E-state index contributed by atoms with van der Waals surface area (Å²) in [6.07, 6.45) is -4.67. The number of anilines is 3. The van der Waals surface area contributed by atoms with Crippen molar-refractivity contribution < 1.29 is 18.3 Å². The van der Waals surface area contributed by atoms with E-state index in [9.17, 15) is 18.3 Å². The molecule has 1 atom stereocenters. The predicted molar refractivity (Wildman–Crippen MR) is 96.1 cm³/mol. The second-order valence-corrected chi connectivity index (χ2v) is 6.67. The van der Waals surface area contributed by atoms with Gasteiger partial charge in [0.05, 0.1) is 28.4 Å². The summed E-state index contributed by atoms with van der Waals surface area (Å²) in [4.78, 5) is 7.53. The molecule has 26 heavy (non-hydrogen) atoms. The molecule has 5 nitrogen and oxygen atoms in total. The Bertz CT molecular complexity index is 751. The Morgan fingerprint density at radius 2 is 1.77 bits per heavy atom. The van der Waals surface area contributed by atoms with Crippen LogP contribution in [0.4, 0.5) is 30.6 Å². The molecular weight excluding hydrogens is 392 g/mol. The van der Waals surface area contributed by atoms with Gasteiger partial charge in [-0.15, -0.1) is 0 Å². The zero-order chi connectivity index (χ0) is 19.5. The monoisotopic (exact) mass is 408 g/mol. The highest BCUT2D eigenvalue weighted by Crippen LogP contribution is 2.34. The summed E-state index contributed by atoms with van der Waals surface area (Å²) in [5.41, 5.74) is -0.905. The van der Waals surface area contributed by atoms with E-state index < -0.39 is 17.9 Å². The normalized spacial score (nSPS) is 13.0. The van der Waals surface area contributed by atoms with E-state index in [0.29, 0.717) is 0 Å². The number of benzene rings is 1. The molecule has 2 aromatic rings. The highest BCUT2D eigenvalue weighted by atomic mass is 35.5. The zero-order valence-corrected chi connectivity index (χ0v) is 15.4. The second-order valence-electron chi connectivity index (χ2n) is 5.86. The lowest BCUT2D eigenvalue weighted by Crippen LogP contribution is -2.30. The van der Waals surface area contributed by atoms with E-state index in [0.717, 1.165) is 6.07 Å². The first-order valence-electron chi connectivity index (χ1n) is 7.66. The number of aliphatic hydroxyl groups is 1. The minimum atomic E-state index is -4.67. The minimum absolute atomic E-state index is 0.0486. The van der Waals surface area contributed by atoms with E-state index >= 15 is 0 Å². The summed E-state index contributed by atoms with van der Waals surface area (Å²) in [7, 11) is 0. The van der Waals surface area contributed by atoms with Crippen molar-refractivity contribution in [2.75, 3.05) is 17.2 Å². The minimum Gasteiger partial charge on any atom is -0.394 e. The second kappa shape index (κ2) is 8.28. The van der Waals surface area contributed by atoms with Gasteiger partial charge in [-0.3, -0.25) is 0 Å². The Labute approximate surface area is 158 Å². The third-order valence-corrected chi connectivity index (χ3v) is 4.18. The van der Waals surface area contributed by atoms with Gasteiger partial charge in [0.15, 0.2) is 5.69 Å². The maximum atomic E-state index is 13.2. The number of hydrogen-bond donors (Lipinski definition) is 3. The Balaban J connectivity index is 2.43. The Morgan fingerprint density at radius 3 is 2.27 bits per heavy atom. The van der Waals surface area contributed by atoms with Crippen LogP contribution in [0.2, 0.25) is 10.0 Å². The first-order chi connectivity index (χ1) is 12.1. The Morgan fingerprint density at radius 1 is 1.15 bits per heavy atom. The van der Waals surface area contributed by atoms with Crippen LogP contribution < -0.4 is 10.6 Å². The quantitative estimate of drug-likeness (QED) is 0.628. The molecule has 1 aromatic carbocycles. The van der Waals surface area contributed by atoms with Gasteiger partial charge in [0, 0.05) is 6.07 Å². The fourth-order valence-electron chi connectivity index (χ4n) is 2.06. The lowest BCUT2D eigenvalue weighted by Gasteiger charge is -2.21. The molecule has 0 aliphatic rings. The van der Waals surface area contributed by atoms with Crippen LogP contribution >= 0.6 is 23.2 Å². The molecular formula is C16H17Cl2F3N4O. The fourth-order valence-corrected chi connectivity index (χ4v) is 2.55. The van der Waals surface area contributed by atoms with Crippen LogP contribution in [0.15, 0.2) is 24.3 Å². The fraction of sp³-hybridized carbons (Fsp3) is 0.375. The molecule has 2 rings (SSSR count). The van der Waals surface area contributed by atoms with Crippen molar-refractivity contribution in [3.05, 3.63) is 40.0 Å². The highest BCUT2D eigenvalue weighted by molar-refractivity contribution is 6.39. The maximum Gasteiger partial charge on any atom is 0.433 e. The third kappa shape index (κ3) is 5.12. The van der Waals surface area contributed by atoms with Crippen molar-refractivity contribution >= 4 is 40.7 Å². The topological polar surface area (TPSA) is 70.1 Å². The molecule has 1 aromatic heterocycles. The van der Waals surface area contributed by atoms with Gasteiger partial charge in [0.25, 0.3) is 0 Å². The molecule has 0 saturated carbocycles. The number of aliphatic hydroxyl groups excluding tert-OH is 1. The summed E-state index contributed by atoms with van der Waals surface area (Å²) >= 11 is 12.1.